The van der Waals surface area contributed by atoms with E-state index in [2.05, 4.69) is 22.5 Å². The van der Waals surface area contributed by atoms with Crippen molar-refractivity contribution in [1.29, 1.82) is 0 Å². The molecule has 1 aromatic heterocycles. The van der Waals surface area contributed by atoms with E-state index in [-0.39, 0.29) is 60.0 Å². The van der Waals surface area contributed by atoms with Crippen LogP contribution in [-0.4, -0.2) is 67.4 Å². The number of amides is 1. The summed E-state index contributed by atoms with van der Waals surface area (Å²) in [6.07, 6.45) is 3.60. The second kappa shape index (κ2) is 11.2. The first kappa shape index (κ1) is 24.9. The van der Waals surface area contributed by atoms with Gasteiger partial charge < -0.3 is 19.9 Å². The normalized spacial score (nSPS) is 23.0. The average Bonchev–Trinajstić information content (AvgIpc) is 3.04. The number of aryl methyl sites for hydroxylation is 1. The van der Waals surface area contributed by atoms with Crippen LogP contribution in [0.5, 0.6) is 0 Å². The molecule has 1 amide bonds. The summed E-state index contributed by atoms with van der Waals surface area (Å²) in [7, 11) is 1.67. The largest absolute Gasteiger partial charge is 0.378 e. The quantitative estimate of drug-likeness (QED) is 0.731. The van der Waals surface area contributed by atoms with Crippen LogP contribution in [0.15, 0.2) is 17.1 Å². The van der Waals surface area contributed by atoms with Crippen LogP contribution in [0.1, 0.15) is 41.7 Å². The van der Waals surface area contributed by atoms with Gasteiger partial charge in [-0.15, -0.1) is 24.8 Å². The van der Waals surface area contributed by atoms with E-state index in [0.29, 0.717) is 0 Å². The molecule has 0 saturated carbocycles. The Labute approximate surface area is 179 Å². The van der Waals surface area contributed by atoms with E-state index < -0.39 is 0 Å². The summed E-state index contributed by atoms with van der Waals surface area (Å²) in [6.45, 7) is 8.17. The monoisotopic (exact) mass is 434 g/mol. The zero-order chi connectivity index (χ0) is 18.7. The minimum absolute atomic E-state index is 0. The summed E-state index contributed by atoms with van der Waals surface area (Å²) in [6, 6.07) is 1.93. The molecule has 3 rings (SSSR count). The average molecular weight is 435 g/mol. The van der Waals surface area contributed by atoms with Gasteiger partial charge in [0.15, 0.2) is 0 Å². The van der Waals surface area contributed by atoms with Crippen LogP contribution in [0, 0.1) is 6.92 Å². The lowest BCUT2D eigenvalue weighted by molar-refractivity contribution is 0.0760. The van der Waals surface area contributed by atoms with Crippen molar-refractivity contribution in [2.75, 3.05) is 39.8 Å². The summed E-state index contributed by atoms with van der Waals surface area (Å²) in [5.74, 6) is -0.291. The molecule has 0 radical (unpaired) electrons. The number of methoxy groups -OCH3 is 1. The number of halogens is 2. The van der Waals surface area contributed by atoms with Gasteiger partial charge >= 0.3 is 0 Å². The molecule has 0 spiro atoms. The smallest absolute Gasteiger partial charge is 0.263 e. The first-order valence-corrected chi connectivity index (χ1v) is 9.53. The van der Waals surface area contributed by atoms with Gasteiger partial charge in [0.25, 0.3) is 11.5 Å². The highest BCUT2D eigenvalue weighted by Gasteiger charge is 2.34. The molecule has 2 fully saturated rings. The van der Waals surface area contributed by atoms with E-state index in [9.17, 15) is 9.59 Å². The highest BCUT2D eigenvalue weighted by atomic mass is 35.5. The minimum Gasteiger partial charge on any atom is -0.378 e. The third kappa shape index (κ3) is 5.27. The van der Waals surface area contributed by atoms with Crippen molar-refractivity contribution in [3.05, 3.63) is 33.7 Å². The molecule has 2 aliphatic rings. The van der Waals surface area contributed by atoms with E-state index in [0.717, 1.165) is 51.1 Å². The fourth-order valence-corrected chi connectivity index (χ4v) is 4.02. The van der Waals surface area contributed by atoms with Crippen molar-refractivity contribution in [3.63, 3.8) is 0 Å². The van der Waals surface area contributed by atoms with Crippen LogP contribution >= 0.6 is 24.8 Å². The number of rotatable bonds is 5. The fraction of sp³-hybridized carbons (Fsp3) is 0.684. The van der Waals surface area contributed by atoms with Crippen LogP contribution in [0.25, 0.3) is 0 Å². The van der Waals surface area contributed by atoms with Gasteiger partial charge in [-0.25, -0.2) is 0 Å². The highest BCUT2D eigenvalue weighted by molar-refractivity contribution is 5.95. The van der Waals surface area contributed by atoms with Gasteiger partial charge in [-0.2, -0.15) is 0 Å². The summed E-state index contributed by atoms with van der Waals surface area (Å²) < 4.78 is 7.26. The number of aromatic nitrogens is 1. The Morgan fingerprint density at radius 2 is 1.96 bits per heavy atom. The van der Waals surface area contributed by atoms with Crippen molar-refractivity contribution in [1.82, 2.24) is 20.1 Å². The van der Waals surface area contributed by atoms with Crippen molar-refractivity contribution >= 4 is 30.7 Å². The number of nitrogens with zero attached hydrogens (tertiary/aromatic N) is 2. The zero-order valence-electron chi connectivity index (χ0n) is 16.8. The molecular formula is C19H32Cl2N4O3. The molecule has 9 heteroatoms. The van der Waals surface area contributed by atoms with E-state index >= 15 is 0 Å². The molecule has 7 nitrogen and oxygen atoms in total. The zero-order valence-corrected chi connectivity index (χ0v) is 18.4. The van der Waals surface area contributed by atoms with Crippen LogP contribution in [-0.2, 0) is 4.74 Å². The third-order valence-corrected chi connectivity index (χ3v) is 5.67. The maximum atomic E-state index is 13.0. The summed E-state index contributed by atoms with van der Waals surface area (Å²) in [5, 5.41) is 6.35. The predicted molar refractivity (Wildman–Crippen MR) is 115 cm³/mol. The third-order valence-electron chi connectivity index (χ3n) is 5.67. The van der Waals surface area contributed by atoms with Gasteiger partial charge in [0.2, 0.25) is 0 Å². The number of hydrogen-bond acceptors (Lipinski definition) is 5. The van der Waals surface area contributed by atoms with Crippen LogP contribution in [0.2, 0.25) is 0 Å². The number of likely N-dealkylation sites (N-methyl/N-ethyl adjacent to an activating group) is 1. The maximum Gasteiger partial charge on any atom is 0.263 e. The van der Waals surface area contributed by atoms with Gasteiger partial charge in [0.05, 0.1) is 12.1 Å². The number of hydrogen-bond donors (Lipinski definition) is 2. The topological polar surface area (TPSA) is 75.6 Å². The number of ether oxygens (including phenoxy) is 1. The Morgan fingerprint density at radius 1 is 1.29 bits per heavy atom. The maximum absolute atomic E-state index is 13.0. The molecule has 0 bridgehead atoms. The minimum atomic E-state index is -0.291. The molecule has 2 aliphatic heterocycles. The van der Waals surface area contributed by atoms with E-state index in [1.54, 1.807) is 11.7 Å². The number of carbonyl (C=O) groups is 1. The standard InChI is InChI=1S/C19H30N4O3.2ClH/c1-4-22-11-15(16(12-22)26-3)21-18(24)17-13(2)7-10-23(19(17)25)14-5-8-20-9-6-14;;/h7,10,14-16,20H,4-6,8-9,11-12H2,1-3H3,(H,21,24);2*1H/t15-,16-;;/m0../s1. The van der Waals surface area contributed by atoms with Crippen molar-refractivity contribution in [3.8, 4) is 0 Å². The Bertz CT molecular complexity index is 707. The van der Waals surface area contributed by atoms with Crippen LogP contribution < -0.4 is 16.2 Å². The molecule has 0 unspecified atom stereocenters. The van der Waals surface area contributed by atoms with Gasteiger partial charge in [0.1, 0.15) is 5.56 Å². The molecular weight excluding hydrogens is 403 g/mol. The number of piperidine rings is 1. The second-order valence-corrected chi connectivity index (χ2v) is 7.27. The lowest BCUT2D eigenvalue weighted by Gasteiger charge is -2.25. The van der Waals surface area contributed by atoms with Gasteiger partial charge in [0, 0.05) is 32.4 Å². The number of nitrogens with one attached hydrogen (secondary N) is 2. The lowest BCUT2D eigenvalue weighted by atomic mass is 10.0. The van der Waals surface area contributed by atoms with Crippen LogP contribution in [0.4, 0.5) is 0 Å². The van der Waals surface area contributed by atoms with E-state index in [1.807, 2.05) is 19.2 Å². The fourth-order valence-electron chi connectivity index (χ4n) is 4.02. The van der Waals surface area contributed by atoms with Crippen molar-refractivity contribution in [2.45, 2.75) is 44.9 Å². The molecule has 160 valence electrons. The summed E-state index contributed by atoms with van der Waals surface area (Å²) in [5.41, 5.74) is 0.793. The molecule has 0 aromatic carbocycles. The summed E-state index contributed by atoms with van der Waals surface area (Å²) >= 11 is 0. The Balaban J connectivity index is 0.00000196. The molecule has 0 aliphatic carbocycles. The number of carbonyl (C=O) groups excluding carboxylic acids is 1. The first-order valence-electron chi connectivity index (χ1n) is 9.53. The van der Waals surface area contributed by atoms with Crippen molar-refractivity contribution < 1.29 is 9.53 Å². The van der Waals surface area contributed by atoms with Gasteiger partial charge in [-0.1, -0.05) is 6.92 Å². The predicted octanol–water partition coefficient (Wildman–Crippen LogP) is 1.37. The SMILES string of the molecule is CCN1C[C@H](NC(=O)c2c(C)ccn(C3CCNCC3)c2=O)[C@@H](OC)C1.Cl.Cl. The Hall–Kier alpha value is -1.12. The molecule has 28 heavy (non-hydrogen) atoms. The Morgan fingerprint density at radius 3 is 2.57 bits per heavy atom. The molecule has 2 saturated heterocycles. The number of pyridine rings is 1. The Kier molecular flexibility index (Phi) is 9.94. The van der Waals surface area contributed by atoms with Crippen LogP contribution in [0.3, 0.4) is 0 Å². The number of likely N-dealkylation sites (tertiary alicyclic amines) is 1. The summed E-state index contributed by atoms with van der Waals surface area (Å²) in [4.78, 5) is 28.2. The highest BCUT2D eigenvalue weighted by Crippen LogP contribution is 2.18. The molecule has 1 aromatic rings. The van der Waals surface area contributed by atoms with Crippen molar-refractivity contribution in [2.24, 2.45) is 0 Å². The molecule has 2 N–H and O–H groups in total. The van der Waals surface area contributed by atoms with Gasteiger partial charge in [-0.3, -0.25) is 14.5 Å². The molecule has 3 heterocycles. The molecule has 2 atom stereocenters. The lowest BCUT2D eigenvalue weighted by Crippen LogP contribution is -2.46. The van der Waals surface area contributed by atoms with E-state index in [4.69, 9.17) is 4.74 Å². The second-order valence-electron chi connectivity index (χ2n) is 7.27. The first-order chi connectivity index (χ1) is 12.5. The van der Waals surface area contributed by atoms with Gasteiger partial charge in [-0.05, 0) is 51.0 Å². The van der Waals surface area contributed by atoms with E-state index in [1.165, 1.54) is 0 Å².